The molecular weight excluding hydrogens is 282 g/mol. The van der Waals surface area contributed by atoms with Crippen molar-refractivity contribution in [3.63, 3.8) is 0 Å². The fourth-order valence-electron chi connectivity index (χ4n) is 1.61. The van der Waals surface area contributed by atoms with Crippen molar-refractivity contribution in [1.29, 1.82) is 0 Å². The number of pyridine rings is 1. The molecule has 17 heavy (non-hydrogen) atoms. The second-order valence-electron chi connectivity index (χ2n) is 4.18. The number of nitrogens with two attached hydrogens (primary N) is 1. The maximum atomic E-state index is 12.3. The van der Waals surface area contributed by atoms with E-state index in [2.05, 4.69) is 20.9 Å². The molecular formula is C12H18BrN3O. The Hall–Kier alpha value is -1.10. The van der Waals surface area contributed by atoms with Crippen molar-refractivity contribution in [2.75, 3.05) is 12.3 Å². The molecule has 1 rings (SSSR count). The number of carbonyl (C=O) groups excluding carboxylic acids is 1. The third kappa shape index (κ3) is 3.43. The molecule has 1 heterocycles. The van der Waals surface area contributed by atoms with Crippen LogP contribution < -0.4 is 5.73 Å². The smallest absolute Gasteiger partial charge is 0.257 e. The second-order valence-corrected chi connectivity index (χ2v) is 5.09. The summed E-state index contributed by atoms with van der Waals surface area (Å²) in [4.78, 5) is 18.1. The summed E-state index contributed by atoms with van der Waals surface area (Å²) < 4.78 is 0.759. The summed E-state index contributed by atoms with van der Waals surface area (Å²) in [5.41, 5.74) is 6.20. The fraction of sp³-hybridized carbons (Fsp3) is 0.500. The number of amides is 1. The molecule has 2 N–H and O–H groups in total. The minimum atomic E-state index is -0.0619. The van der Waals surface area contributed by atoms with E-state index >= 15 is 0 Å². The molecule has 1 aromatic rings. The molecule has 0 unspecified atom stereocenters. The third-order valence-electron chi connectivity index (χ3n) is 2.46. The lowest BCUT2D eigenvalue weighted by molar-refractivity contribution is 0.0706. The summed E-state index contributed by atoms with van der Waals surface area (Å²) in [6, 6.07) is 1.87. The number of hydrogen-bond donors (Lipinski definition) is 1. The van der Waals surface area contributed by atoms with Crippen molar-refractivity contribution in [2.24, 2.45) is 0 Å². The van der Waals surface area contributed by atoms with Gasteiger partial charge >= 0.3 is 0 Å². The van der Waals surface area contributed by atoms with Crippen molar-refractivity contribution < 1.29 is 4.79 Å². The van der Waals surface area contributed by atoms with E-state index in [1.165, 1.54) is 0 Å². The molecule has 1 aromatic heterocycles. The molecule has 0 bridgehead atoms. The number of nitrogen functional groups attached to an aromatic ring is 1. The van der Waals surface area contributed by atoms with Gasteiger partial charge in [-0.15, -0.1) is 0 Å². The van der Waals surface area contributed by atoms with Crippen LogP contribution in [0.1, 0.15) is 37.6 Å². The van der Waals surface area contributed by atoms with Crippen LogP contribution >= 0.6 is 15.9 Å². The van der Waals surface area contributed by atoms with Gasteiger partial charge in [0.05, 0.1) is 5.56 Å². The lowest BCUT2D eigenvalue weighted by Crippen LogP contribution is -2.38. The number of carbonyl (C=O) groups is 1. The summed E-state index contributed by atoms with van der Waals surface area (Å²) in [5, 5.41) is 0. The highest BCUT2D eigenvalue weighted by molar-refractivity contribution is 9.10. The topological polar surface area (TPSA) is 59.2 Å². The van der Waals surface area contributed by atoms with E-state index in [9.17, 15) is 4.79 Å². The monoisotopic (exact) mass is 299 g/mol. The predicted octanol–water partition coefficient (Wildman–Crippen LogP) is 2.69. The van der Waals surface area contributed by atoms with E-state index in [1.807, 2.05) is 20.8 Å². The number of hydrogen-bond acceptors (Lipinski definition) is 3. The van der Waals surface area contributed by atoms with E-state index in [-0.39, 0.29) is 17.8 Å². The van der Waals surface area contributed by atoms with Crippen molar-refractivity contribution in [1.82, 2.24) is 9.88 Å². The van der Waals surface area contributed by atoms with Crippen LogP contribution in [-0.4, -0.2) is 28.4 Å². The van der Waals surface area contributed by atoms with Gasteiger partial charge in [0.1, 0.15) is 5.82 Å². The number of halogens is 1. The number of anilines is 1. The van der Waals surface area contributed by atoms with Gasteiger partial charge in [-0.3, -0.25) is 4.79 Å². The average molecular weight is 300 g/mol. The van der Waals surface area contributed by atoms with E-state index in [1.54, 1.807) is 17.2 Å². The van der Waals surface area contributed by atoms with Gasteiger partial charge in [0.2, 0.25) is 0 Å². The Morgan fingerprint density at radius 1 is 1.59 bits per heavy atom. The van der Waals surface area contributed by atoms with E-state index in [0.717, 1.165) is 17.4 Å². The molecule has 0 radical (unpaired) electrons. The number of aromatic nitrogens is 1. The summed E-state index contributed by atoms with van der Waals surface area (Å²) >= 11 is 3.30. The molecule has 1 amide bonds. The first-order chi connectivity index (χ1) is 7.97. The fourth-order valence-corrected chi connectivity index (χ4v) is 1.94. The van der Waals surface area contributed by atoms with E-state index in [0.29, 0.717) is 5.56 Å². The van der Waals surface area contributed by atoms with Gasteiger partial charge < -0.3 is 10.6 Å². The van der Waals surface area contributed by atoms with Gasteiger partial charge in [-0.05, 0) is 42.3 Å². The van der Waals surface area contributed by atoms with Crippen LogP contribution in [-0.2, 0) is 0 Å². The largest absolute Gasteiger partial charge is 0.383 e. The number of rotatable bonds is 4. The van der Waals surface area contributed by atoms with Gasteiger partial charge in [0.25, 0.3) is 5.91 Å². The lowest BCUT2D eigenvalue weighted by Gasteiger charge is -2.26. The Morgan fingerprint density at radius 3 is 2.76 bits per heavy atom. The third-order valence-corrected chi connectivity index (χ3v) is 2.90. The Morgan fingerprint density at radius 2 is 2.24 bits per heavy atom. The first-order valence-corrected chi connectivity index (χ1v) is 6.48. The molecule has 0 aromatic carbocycles. The highest BCUT2D eigenvalue weighted by atomic mass is 79.9. The summed E-state index contributed by atoms with van der Waals surface area (Å²) in [6.07, 6.45) is 2.51. The van der Waals surface area contributed by atoms with Crippen molar-refractivity contribution in [3.8, 4) is 0 Å². The van der Waals surface area contributed by atoms with Crippen LogP contribution in [0.3, 0.4) is 0 Å². The first kappa shape index (κ1) is 14.0. The quantitative estimate of drug-likeness (QED) is 0.930. The highest BCUT2D eigenvalue weighted by Gasteiger charge is 2.20. The Labute approximate surface area is 110 Å². The molecule has 5 heteroatoms. The van der Waals surface area contributed by atoms with Gasteiger partial charge in [-0.25, -0.2) is 4.98 Å². The van der Waals surface area contributed by atoms with Gasteiger partial charge in [0.15, 0.2) is 0 Å². The summed E-state index contributed by atoms with van der Waals surface area (Å²) in [5.74, 6) is 0.216. The normalized spacial score (nSPS) is 10.6. The molecule has 0 fully saturated rings. The van der Waals surface area contributed by atoms with Crippen LogP contribution in [0.15, 0.2) is 16.7 Å². The Bertz CT molecular complexity index is 407. The van der Waals surface area contributed by atoms with Crippen LogP contribution in [0.2, 0.25) is 0 Å². The van der Waals surface area contributed by atoms with Crippen LogP contribution in [0.5, 0.6) is 0 Å². The van der Waals surface area contributed by atoms with Crippen molar-refractivity contribution in [2.45, 2.75) is 33.2 Å². The predicted molar refractivity (Wildman–Crippen MR) is 72.8 cm³/mol. The molecule has 0 saturated heterocycles. The highest BCUT2D eigenvalue weighted by Crippen LogP contribution is 2.18. The zero-order chi connectivity index (χ0) is 13.0. The van der Waals surface area contributed by atoms with Gasteiger partial charge in [-0.1, -0.05) is 6.92 Å². The molecule has 0 saturated carbocycles. The zero-order valence-electron chi connectivity index (χ0n) is 10.4. The summed E-state index contributed by atoms with van der Waals surface area (Å²) in [7, 11) is 0. The first-order valence-electron chi connectivity index (χ1n) is 5.69. The average Bonchev–Trinajstić information content (AvgIpc) is 2.28. The van der Waals surface area contributed by atoms with Gasteiger partial charge in [0, 0.05) is 23.3 Å². The van der Waals surface area contributed by atoms with E-state index < -0.39 is 0 Å². The maximum Gasteiger partial charge on any atom is 0.257 e. The minimum Gasteiger partial charge on any atom is -0.383 e. The zero-order valence-corrected chi connectivity index (χ0v) is 12.0. The van der Waals surface area contributed by atoms with Crippen LogP contribution in [0.25, 0.3) is 0 Å². The standard InChI is InChI=1S/C12H18BrN3O/c1-4-5-16(8(2)3)12(17)10-6-9(13)7-15-11(10)14/h6-8H,4-5H2,1-3H3,(H2,14,15). The maximum absolute atomic E-state index is 12.3. The summed E-state index contributed by atoms with van der Waals surface area (Å²) in [6.45, 7) is 6.76. The molecule has 0 aliphatic rings. The molecule has 0 aliphatic heterocycles. The second kappa shape index (κ2) is 6.00. The van der Waals surface area contributed by atoms with E-state index in [4.69, 9.17) is 5.73 Å². The number of nitrogens with zero attached hydrogens (tertiary/aromatic N) is 2. The molecule has 0 atom stereocenters. The molecule has 94 valence electrons. The SMILES string of the molecule is CCCN(C(=O)c1cc(Br)cnc1N)C(C)C. The van der Waals surface area contributed by atoms with Crippen LogP contribution in [0.4, 0.5) is 5.82 Å². The molecule has 4 nitrogen and oxygen atoms in total. The lowest BCUT2D eigenvalue weighted by atomic mass is 10.2. The molecule has 0 aliphatic carbocycles. The Balaban J connectivity index is 3.04. The minimum absolute atomic E-state index is 0.0619. The van der Waals surface area contributed by atoms with Crippen molar-refractivity contribution in [3.05, 3.63) is 22.3 Å². The molecule has 0 spiro atoms. The van der Waals surface area contributed by atoms with Crippen molar-refractivity contribution >= 4 is 27.7 Å². The Kier molecular flexibility index (Phi) is 4.93. The van der Waals surface area contributed by atoms with Crippen LogP contribution in [0, 0.1) is 0 Å². The van der Waals surface area contributed by atoms with Gasteiger partial charge in [-0.2, -0.15) is 0 Å².